The van der Waals surface area contributed by atoms with Gasteiger partial charge in [-0.25, -0.2) is 4.79 Å². The zero-order valence-electron chi connectivity index (χ0n) is 17.9. The van der Waals surface area contributed by atoms with E-state index in [0.29, 0.717) is 26.2 Å². The zero-order chi connectivity index (χ0) is 25.4. The third kappa shape index (κ3) is 4.61. The van der Waals surface area contributed by atoms with Crippen molar-refractivity contribution >= 4 is 81.2 Å². The molecule has 2 heterocycles. The summed E-state index contributed by atoms with van der Waals surface area (Å²) >= 11 is 25.8. The molecule has 2 aromatic carbocycles. The first-order valence-electron chi connectivity index (χ1n) is 10.1. The molecule has 1 aliphatic rings. The largest absolute Gasteiger partial charge is 0.463 e. The number of aromatic nitrogens is 1. The highest BCUT2D eigenvalue weighted by Crippen LogP contribution is 2.40. The average molecular weight is 567 g/mol. The van der Waals surface area contributed by atoms with E-state index in [9.17, 15) is 14.9 Å². The van der Waals surface area contributed by atoms with Crippen molar-refractivity contribution in [1.82, 2.24) is 4.57 Å². The molecular weight excluding hydrogens is 552 g/mol. The SMILES string of the molecule is CCOC(=O)C1=C(N)n2c(s/c(=C\c3ccc(Cl)cc3Cl)c2=O)=C(C#N)C1c1ccc(Cl)cc1Cl. The normalized spacial score (nSPS) is 15.7. The molecule has 35 heavy (non-hydrogen) atoms. The highest BCUT2D eigenvalue weighted by molar-refractivity contribution is 7.07. The van der Waals surface area contributed by atoms with Crippen LogP contribution in [0.2, 0.25) is 20.1 Å². The third-order valence-corrected chi connectivity index (χ3v) is 7.52. The highest BCUT2D eigenvalue weighted by atomic mass is 35.5. The molecule has 1 aromatic heterocycles. The standard InChI is InChI=1S/C24H15Cl4N3O3S/c1-2-34-24(33)20-19(14-6-5-13(26)9-17(14)28)15(10-29)23-31(21(20)30)22(32)18(35-23)7-11-3-4-12(25)8-16(11)27/h3-9,19H,2,30H2,1H3/b18-7-. The Hall–Kier alpha value is -2.73. The average Bonchev–Trinajstić information content (AvgIpc) is 3.12. The van der Waals surface area contributed by atoms with Crippen molar-refractivity contribution in [3.05, 3.63) is 92.7 Å². The van der Waals surface area contributed by atoms with Crippen molar-refractivity contribution in [2.75, 3.05) is 6.61 Å². The number of rotatable bonds is 4. The van der Waals surface area contributed by atoms with Crippen LogP contribution in [0.25, 0.3) is 17.5 Å². The van der Waals surface area contributed by atoms with Gasteiger partial charge in [0.1, 0.15) is 10.5 Å². The van der Waals surface area contributed by atoms with Crippen LogP contribution in [-0.2, 0) is 9.53 Å². The molecule has 2 N–H and O–H groups in total. The van der Waals surface area contributed by atoms with Gasteiger partial charge in [-0.3, -0.25) is 9.36 Å². The second-order valence-electron chi connectivity index (χ2n) is 7.37. The first-order chi connectivity index (χ1) is 16.7. The summed E-state index contributed by atoms with van der Waals surface area (Å²) in [6.45, 7) is 1.71. The van der Waals surface area contributed by atoms with Gasteiger partial charge in [0.05, 0.1) is 34.3 Å². The first kappa shape index (κ1) is 25.4. The fourth-order valence-electron chi connectivity index (χ4n) is 3.77. The Morgan fingerprint density at radius 2 is 1.83 bits per heavy atom. The smallest absolute Gasteiger partial charge is 0.338 e. The van der Waals surface area contributed by atoms with E-state index in [-0.39, 0.29) is 37.8 Å². The van der Waals surface area contributed by atoms with E-state index in [2.05, 4.69) is 6.07 Å². The topological polar surface area (TPSA) is 98.1 Å². The van der Waals surface area contributed by atoms with E-state index in [0.717, 1.165) is 15.9 Å². The molecule has 0 fully saturated rings. The molecule has 0 bridgehead atoms. The number of nitrogens with zero attached hydrogens (tertiary/aromatic N) is 2. The van der Waals surface area contributed by atoms with Crippen molar-refractivity contribution in [2.24, 2.45) is 5.73 Å². The van der Waals surface area contributed by atoms with Crippen LogP contribution in [0.15, 0.2) is 46.8 Å². The van der Waals surface area contributed by atoms with Crippen molar-refractivity contribution in [1.29, 1.82) is 5.26 Å². The minimum atomic E-state index is -0.964. The van der Waals surface area contributed by atoms with Crippen LogP contribution in [0, 0.1) is 11.3 Å². The summed E-state index contributed by atoms with van der Waals surface area (Å²) in [6, 6.07) is 11.7. The summed E-state index contributed by atoms with van der Waals surface area (Å²) in [5.74, 6) is -1.87. The Bertz CT molecular complexity index is 1630. The summed E-state index contributed by atoms with van der Waals surface area (Å²) in [5.41, 5.74) is 6.93. The number of carbonyl (C=O) groups excluding carboxylic acids is 1. The molecule has 0 saturated heterocycles. The minimum Gasteiger partial charge on any atom is -0.463 e. The van der Waals surface area contributed by atoms with Gasteiger partial charge >= 0.3 is 5.97 Å². The summed E-state index contributed by atoms with van der Waals surface area (Å²) in [7, 11) is 0. The molecule has 0 spiro atoms. The Balaban J connectivity index is 2.09. The maximum atomic E-state index is 13.4. The van der Waals surface area contributed by atoms with Gasteiger partial charge in [-0.1, -0.05) is 58.5 Å². The van der Waals surface area contributed by atoms with E-state index in [4.69, 9.17) is 56.9 Å². The molecule has 1 atom stereocenters. The van der Waals surface area contributed by atoms with Crippen LogP contribution in [0.5, 0.6) is 0 Å². The van der Waals surface area contributed by atoms with Crippen LogP contribution >= 0.6 is 57.7 Å². The second-order valence-corrected chi connectivity index (χ2v) is 10.1. The molecule has 0 amide bonds. The number of hydrogen-bond donors (Lipinski definition) is 1. The van der Waals surface area contributed by atoms with Crippen molar-refractivity contribution in [2.45, 2.75) is 12.8 Å². The number of benzene rings is 2. The molecule has 1 aliphatic heterocycles. The van der Waals surface area contributed by atoms with Gasteiger partial charge in [-0.2, -0.15) is 5.26 Å². The van der Waals surface area contributed by atoms with Crippen LogP contribution < -0.4 is 20.5 Å². The predicted molar refractivity (Wildman–Crippen MR) is 140 cm³/mol. The van der Waals surface area contributed by atoms with Crippen LogP contribution in [0.3, 0.4) is 0 Å². The van der Waals surface area contributed by atoms with Crippen LogP contribution in [0.4, 0.5) is 0 Å². The molecule has 0 radical (unpaired) electrons. The molecule has 0 saturated carbocycles. The van der Waals surface area contributed by atoms with Crippen molar-refractivity contribution in [3.63, 3.8) is 0 Å². The van der Waals surface area contributed by atoms with Gasteiger partial charge in [0, 0.05) is 20.1 Å². The summed E-state index contributed by atoms with van der Waals surface area (Å²) < 4.78 is 6.90. The summed E-state index contributed by atoms with van der Waals surface area (Å²) in [4.78, 5) is 26.4. The minimum absolute atomic E-state index is 0.0592. The molecule has 3 aromatic rings. The second kappa shape index (κ2) is 10.1. The van der Waals surface area contributed by atoms with E-state index in [1.54, 1.807) is 43.3 Å². The Labute approximate surface area is 223 Å². The number of halogens is 4. The number of hydrogen-bond acceptors (Lipinski definition) is 6. The maximum Gasteiger partial charge on any atom is 0.338 e. The fourth-order valence-corrected chi connectivity index (χ4v) is 5.87. The molecule has 4 rings (SSSR count). The predicted octanol–water partition coefficient (Wildman–Crippen LogP) is 4.51. The number of esters is 1. The Morgan fingerprint density at radius 1 is 1.17 bits per heavy atom. The monoisotopic (exact) mass is 565 g/mol. The number of ether oxygens (including phenoxy) is 1. The van der Waals surface area contributed by atoms with Crippen LogP contribution in [0.1, 0.15) is 24.0 Å². The van der Waals surface area contributed by atoms with Gasteiger partial charge in [-0.15, -0.1) is 11.3 Å². The zero-order valence-corrected chi connectivity index (χ0v) is 21.8. The maximum absolute atomic E-state index is 13.4. The van der Waals surface area contributed by atoms with Gasteiger partial charge in [0.25, 0.3) is 5.56 Å². The highest BCUT2D eigenvalue weighted by Gasteiger charge is 2.37. The third-order valence-electron chi connectivity index (χ3n) is 5.29. The molecule has 178 valence electrons. The Kier molecular flexibility index (Phi) is 7.32. The summed E-state index contributed by atoms with van der Waals surface area (Å²) in [6.07, 6.45) is 1.58. The molecular formula is C24H15Cl4N3O3S. The van der Waals surface area contributed by atoms with Crippen molar-refractivity contribution in [3.8, 4) is 6.07 Å². The van der Waals surface area contributed by atoms with E-state index in [1.807, 2.05) is 0 Å². The molecule has 0 aliphatic carbocycles. The lowest BCUT2D eigenvalue weighted by Crippen LogP contribution is -2.40. The number of carbonyl (C=O) groups is 1. The van der Waals surface area contributed by atoms with Crippen molar-refractivity contribution < 1.29 is 9.53 Å². The summed E-state index contributed by atoms with van der Waals surface area (Å²) in [5, 5.41) is 11.6. The van der Waals surface area contributed by atoms with Gasteiger partial charge < -0.3 is 10.5 Å². The van der Waals surface area contributed by atoms with E-state index in [1.165, 1.54) is 6.07 Å². The van der Waals surface area contributed by atoms with Crippen LogP contribution in [-0.4, -0.2) is 17.1 Å². The first-order valence-corrected chi connectivity index (χ1v) is 12.5. The Morgan fingerprint density at radius 3 is 2.43 bits per heavy atom. The quantitative estimate of drug-likeness (QED) is 0.468. The number of thiazole rings is 1. The van der Waals surface area contributed by atoms with E-state index >= 15 is 0 Å². The lowest BCUT2D eigenvalue weighted by atomic mass is 9.83. The van der Waals surface area contributed by atoms with E-state index < -0.39 is 17.4 Å². The number of nitrogens with two attached hydrogens (primary N) is 1. The van der Waals surface area contributed by atoms with Gasteiger partial charge in [0.2, 0.25) is 0 Å². The molecule has 1 unspecified atom stereocenters. The molecule has 11 heteroatoms. The fraction of sp³-hybridized carbons (Fsp3) is 0.125. The van der Waals surface area contributed by atoms with Gasteiger partial charge in [-0.05, 0) is 48.4 Å². The number of fused-ring (bicyclic) bond motifs is 1. The lowest BCUT2D eigenvalue weighted by Gasteiger charge is -2.25. The number of nitriles is 1. The van der Waals surface area contributed by atoms with Gasteiger partial charge in [0.15, 0.2) is 0 Å². The lowest BCUT2D eigenvalue weighted by molar-refractivity contribution is -0.138. The molecule has 6 nitrogen and oxygen atoms in total.